The van der Waals surface area contributed by atoms with E-state index in [9.17, 15) is 9.59 Å². The van der Waals surface area contributed by atoms with Gasteiger partial charge in [-0.3, -0.25) is 9.59 Å². The molecule has 8 nitrogen and oxygen atoms in total. The summed E-state index contributed by atoms with van der Waals surface area (Å²) in [5, 5.41) is 7.82. The van der Waals surface area contributed by atoms with Gasteiger partial charge in [0.2, 0.25) is 0 Å². The third-order valence-electron chi connectivity index (χ3n) is 5.77. The van der Waals surface area contributed by atoms with E-state index in [1.807, 2.05) is 64.1 Å². The summed E-state index contributed by atoms with van der Waals surface area (Å²) in [5.74, 6) is 1.06. The quantitative estimate of drug-likeness (QED) is 0.204. The van der Waals surface area contributed by atoms with Crippen molar-refractivity contribution in [1.82, 2.24) is 9.66 Å². The van der Waals surface area contributed by atoms with Crippen LogP contribution in [0.5, 0.6) is 11.5 Å². The maximum Gasteiger partial charge on any atom is 0.282 e. The molecule has 4 rings (SSSR count). The average molecular weight is 656 g/mol. The number of halogens is 2. The van der Waals surface area contributed by atoms with E-state index in [-0.39, 0.29) is 24.0 Å². The first-order valence-electron chi connectivity index (χ1n) is 12.4. The molecule has 0 spiro atoms. The highest BCUT2D eigenvalue weighted by Gasteiger charge is 2.16. The number of hydrogen-bond acceptors (Lipinski definition) is 6. The lowest BCUT2D eigenvalue weighted by atomic mass is 10.2. The van der Waals surface area contributed by atoms with E-state index in [0.717, 1.165) is 15.7 Å². The Hall–Kier alpha value is -3.50. The molecule has 1 N–H and O–H groups in total. The van der Waals surface area contributed by atoms with E-state index < -0.39 is 0 Å². The van der Waals surface area contributed by atoms with E-state index in [4.69, 9.17) is 9.47 Å². The van der Waals surface area contributed by atoms with Gasteiger partial charge < -0.3 is 14.8 Å². The molecule has 0 aliphatic carbocycles. The first-order valence-corrected chi connectivity index (χ1v) is 14.0. The van der Waals surface area contributed by atoms with Crippen LogP contribution in [-0.4, -0.2) is 35.0 Å². The van der Waals surface area contributed by atoms with E-state index in [1.165, 1.54) is 4.68 Å². The Bertz CT molecular complexity index is 1620. The number of carbonyl (C=O) groups excluding carboxylic acids is 1. The maximum atomic E-state index is 13.3. The fraction of sp³-hybridized carbons (Fsp3) is 0.241. The summed E-state index contributed by atoms with van der Waals surface area (Å²) in [5.41, 5.74) is 2.71. The Morgan fingerprint density at radius 3 is 2.62 bits per heavy atom. The number of aromatic nitrogens is 2. The number of nitrogens with one attached hydrogen (secondary N) is 1. The number of anilines is 1. The van der Waals surface area contributed by atoms with Gasteiger partial charge in [0.05, 0.1) is 28.2 Å². The second kappa shape index (κ2) is 12.6. The molecular weight excluding hydrogens is 628 g/mol. The summed E-state index contributed by atoms with van der Waals surface area (Å²) in [6.45, 7) is 7.89. The van der Waals surface area contributed by atoms with E-state index >= 15 is 0 Å². The molecule has 3 aromatic carbocycles. The van der Waals surface area contributed by atoms with Crippen molar-refractivity contribution in [3.8, 4) is 11.5 Å². The second-order valence-electron chi connectivity index (χ2n) is 9.06. The predicted octanol–water partition coefficient (Wildman–Crippen LogP) is 6.65. The first-order chi connectivity index (χ1) is 18.7. The topological polar surface area (TPSA) is 94.8 Å². The number of ether oxygens (including phenoxy) is 2. The monoisotopic (exact) mass is 654 g/mol. The van der Waals surface area contributed by atoms with Crippen molar-refractivity contribution in [3.63, 3.8) is 0 Å². The molecule has 0 saturated heterocycles. The molecule has 1 amide bonds. The van der Waals surface area contributed by atoms with Gasteiger partial charge in [0, 0.05) is 16.1 Å². The smallest absolute Gasteiger partial charge is 0.282 e. The molecule has 0 fully saturated rings. The number of benzene rings is 3. The molecule has 0 saturated carbocycles. The second-order valence-corrected chi connectivity index (χ2v) is 10.8. The zero-order valence-electron chi connectivity index (χ0n) is 22.0. The van der Waals surface area contributed by atoms with Crippen LogP contribution in [0.25, 0.3) is 10.9 Å². The maximum absolute atomic E-state index is 13.3. The van der Waals surface area contributed by atoms with Crippen LogP contribution in [0.2, 0.25) is 0 Å². The van der Waals surface area contributed by atoms with E-state index in [1.54, 1.807) is 24.4 Å². The Balaban J connectivity index is 1.62. The molecule has 0 unspecified atom stereocenters. The van der Waals surface area contributed by atoms with Gasteiger partial charge in [-0.05, 0) is 77.3 Å². The van der Waals surface area contributed by atoms with Gasteiger partial charge >= 0.3 is 0 Å². The highest BCUT2D eigenvalue weighted by atomic mass is 79.9. The zero-order chi connectivity index (χ0) is 28.1. The van der Waals surface area contributed by atoms with Gasteiger partial charge in [-0.1, -0.05) is 48.0 Å². The van der Waals surface area contributed by atoms with Crippen molar-refractivity contribution in [2.24, 2.45) is 5.10 Å². The van der Waals surface area contributed by atoms with Crippen LogP contribution in [0.1, 0.15) is 43.6 Å². The molecule has 4 aromatic rings. The molecule has 0 radical (unpaired) electrons. The number of carbonyl (C=O) groups is 1. The largest absolute Gasteiger partial charge is 0.490 e. The Kier molecular flexibility index (Phi) is 9.19. The summed E-state index contributed by atoms with van der Waals surface area (Å²) < 4.78 is 14.3. The molecule has 0 aliphatic heterocycles. The predicted molar refractivity (Wildman–Crippen MR) is 161 cm³/mol. The number of rotatable bonds is 9. The minimum Gasteiger partial charge on any atom is -0.490 e. The molecule has 39 heavy (non-hydrogen) atoms. The Morgan fingerprint density at radius 2 is 1.90 bits per heavy atom. The highest BCUT2D eigenvalue weighted by molar-refractivity contribution is 9.10. The van der Waals surface area contributed by atoms with Crippen LogP contribution in [-0.2, 0) is 4.79 Å². The van der Waals surface area contributed by atoms with Gasteiger partial charge in [-0.15, -0.1) is 0 Å². The molecule has 0 aliphatic rings. The van der Waals surface area contributed by atoms with Crippen LogP contribution >= 0.6 is 31.9 Å². The lowest BCUT2D eigenvalue weighted by Crippen LogP contribution is -2.23. The molecule has 10 heteroatoms. The summed E-state index contributed by atoms with van der Waals surface area (Å²) in [6, 6.07) is 16.5. The van der Waals surface area contributed by atoms with Crippen molar-refractivity contribution in [3.05, 3.63) is 90.8 Å². The molecular formula is C29H28Br2N4O4. The Labute approximate surface area is 243 Å². The van der Waals surface area contributed by atoms with Gasteiger partial charge in [0.15, 0.2) is 18.1 Å². The molecule has 1 heterocycles. The molecule has 0 bridgehead atoms. The number of fused-ring (bicyclic) bond motifs is 1. The van der Waals surface area contributed by atoms with Crippen molar-refractivity contribution in [2.75, 3.05) is 18.5 Å². The summed E-state index contributed by atoms with van der Waals surface area (Å²) in [4.78, 5) is 30.5. The first kappa shape index (κ1) is 28.5. The van der Waals surface area contributed by atoms with Gasteiger partial charge in [0.25, 0.3) is 11.5 Å². The molecule has 1 aromatic heterocycles. The number of amides is 1. The van der Waals surface area contributed by atoms with Gasteiger partial charge in [-0.25, -0.2) is 4.98 Å². The van der Waals surface area contributed by atoms with E-state index in [2.05, 4.69) is 47.3 Å². The number of nitrogens with zero attached hydrogens (tertiary/aromatic N) is 3. The lowest BCUT2D eigenvalue weighted by molar-refractivity contribution is -0.118. The number of hydrogen-bond donors (Lipinski definition) is 1. The SMILES string of the molecule is CCOc1cc(C=Nn2c(C(C)C)nc3ccc(Br)cc3c2=O)cc(Br)c1OCC(=O)Nc1ccccc1C. The molecule has 0 atom stereocenters. The van der Waals surface area contributed by atoms with Crippen LogP contribution in [0.3, 0.4) is 0 Å². The minimum atomic E-state index is -0.291. The normalized spacial score (nSPS) is 11.4. The average Bonchev–Trinajstić information content (AvgIpc) is 2.89. The Morgan fingerprint density at radius 1 is 1.13 bits per heavy atom. The third-order valence-corrected chi connectivity index (χ3v) is 6.85. The van der Waals surface area contributed by atoms with Crippen LogP contribution in [0.4, 0.5) is 5.69 Å². The lowest BCUT2D eigenvalue weighted by Gasteiger charge is -2.15. The van der Waals surface area contributed by atoms with Crippen molar-refractivity contribution >= 4 is 60.6 Å². The van der Waals surface area contributed by atoms with Crippen LogP contribution in [0.15, 0.2) is 73.4 Å². The minimum absolute atomic E-state index is 0.0322. The number of para-hydroxylation sites is 1. The molecule has 202 valence electrons. The summed E-state index contributed by atoms with van der Waals surface area (Å²) >= 11 is 6.95. The zero-order valence-corrected chi connectivity index (χ0v) is 25.2. The van der Waals surface area contributed by atoms with Crippen LogP contribution < -0.4 is 20.3 Å². The summed E-state index contributed by atoms with van der Waals surface area (Å²) in [7, 11) is 0. The van der Waals surface area contributed by atoms with Crippen molar-refractivity contribution in [2.45, 2.75) is 33.6 Å². The fourth-order valence-electron chi connectivity index (χ4n) is 3.88. The summed E-state index contributed by atoms with van der Waals surface area (Å²) in [6.07, 6.45) is 1.57. The van der Waals surface area contributed by atoms with Crippen molar-refractivity contribution < 1.29 is 14.3 Å². The fourth-order valence-corrected chi connectivity index (χ4v) is 4.81. The highest BCUT2D eigenvalue weighted by Crippen LogP contribution is 2.36. The number of aryl methyl sites for hydroxylation is 1. The van der Waals surface area contributed by atoms with Crippen molar-refractivity contribution in [1.29, 1.82) is 0 Å². The van der Waals surface area contributed by atoms with Gasteiger partial charge in [0.1, 0.15) is 5.82 Å². The van der Waals surface area contributed by atoms with Crippen LogP contribution in [0, 0.1) is 6.92 Å². The third kappa shape index (κ3) is 6.75. The van der Waals surface area contributed by atoms with Gasteiger partial charge in [-0.2, -0.15) is 9.78 Å². The van der Waals surface area contributed by atoms with E-state index in [0.29, 0.717) is 44.9 Å². The standard InChI is InChI=1S/C29H28Br2N4O4/c1-5-38-25-13-19(12-22(31)27(25)39-16-26(36)33-23-9-7-6-8-18(23)4)15-32-35-28(17(2)3)34-24-11-10-20(30)14-21(24)29(35)37/h6-15,17H,5,16H2,1-4H3,(H,33,36).